The molecule has 1 aliphatic rings. The molecule has 0 aliphatic heterocycles. The highest BCUT2D eigenvalue weighted by atomic mass is 16.5. The summed E-state index contributed by atoms with van der Waals surface area (Å²) in [6.45, 7) is 4.31. The average Bonchev–Trinajstić information content (AvgIpc) is 3.26. The van der Waals surface area contributed by atoms with Crippen LogP contribution < -0.4 is 14.2 Å². The van der Waals surface area contributed by atoms with Crippen LogP contribution in [0, 0.1) is 6.92 Å². The van der Waals surface area contributed by atoms with E-state index in [1.165, 1.54) is 35.1 Å². The molecule has 1 aliphatic carbocycles. The Balaban J connectivity index is 0.000000641. The number of methoxy groups -OCH3 is 3. The molecule has 3 rings (SSSR count). The SMILES string of the molecule is COc1cc(CCN(C)CCCC2=Cc3cccc(C)c3C2)cc(OC)c1OC.O=C(O)C(=O)O. The van der Waals surface area contributed by atoms with Crippen LogP contribution in [-0.2, 0) is 22.4 Å². The number of aryl methyl sites for hydroxylation is 1. The van der Waals surface area contributed by atoms with Gasteiger partial charge in [0.1, 0.15) is 0 Å². The number of hydrogen-bond donors (Lipinski definition) is 2. The number of carboxylic acid groups (broad SMARTS) is 2. The summed E-state index contributed by atoms with van der Waals surface area (Å²) in [4.78, 5) is 20.6. The molecule has 0 saturated heterocycles. The van der Waals surface area contributed by atoms with E-state index in [1.54, 1.807) is 26.9 Å². The molecular formula is C27H35NO7. The van der Waals surface area contributed by atoms with E-state index in [0.717, 1.165) is 25.9 Å². The van der Waals surface area contributed by atoms with Crippen LogP contribution in [0.2, 0.25) is 0 Å². The number of carboxylic acids is 2. The molecule has 0 atom stereocenters. The number of carbonyl (C=O) groups is 2. The summed E-state index contributed by atoms with van der Waals surface area (Å²) >= 11 is 0. The van der Waals surface area contributed by atoms with Crippen molar-refractivity contribution in [2.24, 2.45) is 0 Å². The number of nitrogens with zero attached hydrogens (tertiary/aromatic N) is 1. The van der Waals surface area contributed by atoms with Crippen LogP contribution in [0.25, 0.3) is 6.08 Å². The molecule has 2 aromatic carbocycles. The first-order valence-electron chi connectivity index (χ1n) is 11.4. The van der Waals surface area contributed by atoms with E-state index >= 15 is 0 Å². The van der Waals surface area contributed by atoms with Crippen molar-refractivity contribution in [2.45, 2.75) is 32.6 Å². The molecule has 0 bridgehead atoms. The number of hydrogen-bond acceptors (Lipinski definition) is 6. The van der Waals surface area contributed by atoms with E-state index in [0.29, 0.717) is 17.2 Å². The molecule has 0 unspecified atom stereocenters. The molecule has 0 radical (unpaired) electrons. The van der Waals surface area contributed by atoms with E-state index in [-0.39, 0.29) is 0 Å². The Hall–Kier alpha value is -3.52. The Bertz CT molecular complexity index is 1020. The first-order chi connectivity index (χ1) is 16.7. The smallest absolute Gasteiger partial charge is 0.414 e. The van der Waals surface area contributed by atoms with Crippen molar-refractivity contribution in [3.8, 4) is 17.2 Å². The molecule has 8 heteroatoms. The zero-order valence-electron chi connectivity index (χ0n) is 21.1. The van der Waals surface area contributed by atoms with Gasteiger partial charge in [-0.3, -0.25) is 0 Å². The van der Waals surface area contributed by atoms with Gasteiger partial charge in [0.05, 0.1) is 21.3 Å². The molecule has 35 heavy (non-hydrogen) atoms. The van der Waals surface area contributed by atoms with Gasteiger partial charge in [0, 0.05) is 6.54 Å². The fourth-order valence-corrected chi connectivity index (χ4v) is 4.05. The molecule has 0 fully saturated rings. The third-order valence-electron chi connectivity index (χ3n) is 5.94. The first-order valence-corrected chi connectivity index (χ1v) is 11.4. The molecule has 2 N–H and O–H groups in total. The minimum Gasteiger partial charge on any atom is -0.493 e. The van der Waals surface area contributed by atoms with Crippen molar-refractivity contribution in [1.82, 2.24) is 4.90 Å². The predicted octanol–water partition coefficient (Wildman–Crippen LogP) is 4.07. The Labute approximate surface area is 206 Å². The lowest BCUT2D eigenvalue weighted by atomic mass is 10.0. The maximum absolute atomic E-state index is 9.10. The summed E-state index contributed by atoms with van der Waals surface area (Å²) in [6, 6.07) is 10.7. The molecule has 2 aromatic rings. The van der Waals surface area contributed by atoms with E-state index in [2.05, 4.69) is 43.1 Å². The molecule has 0 saturated carbocycles. The lowest BCUT2D eigenvalue weighted by molar-refractivity contribution is -0.159. The minimum absolute atomic E-state index is 0.646. The summed E-state index contributed by atoms with van der Waals surface area (Å²) in [5.74, 6) is -1.57. The Morgan fingerprint density at radius 2 is 1.57 bits per heavy atom. The van der Waals surface area contributed by atoms with Crippen LogP contribution in [0.4, 0.5) is 0 Å². The highest BCUT2D eigenvalue weighted by molar-refractivity contribution is 6.27. The largest absolute Gasteiger partial charge is 0.493 e. The van der Waals surface area contributed by atoms with Gasteiger partial charge in [-0.25, -0.2) is 9.59 Å². The Morgan fingerprint density at radius 1 is 0.943 bits per heavy atom. The number of rotatable bonds is 10. The monoisotopic (exact) mass is 485 g/mol. The lowest BCUT2D eigenvalue weighted by Gasteiger charge is -2.18. The van der Waals surface area contributed by atoms with Gasteiger partial charge in [-0.05, 0) is 80.6 Å². The topological polar surface area (TPSA) is 106 Å². The maximum Gasteiger partial charge on any atom is 0.414 e. The van der Waals surface area contributed by atoms with Gasteiger partial charge in [0.2, 0.25) is 5.75 Å². The molecule has 0 amide bonds. The van der Waals surface area contributed by atoms with Crippen molar-refractivity contribution in [3.05, 3.63) is 58.2 Å². The molecule has 0 spiro atoms. The summed E-state index contributed by atoms with van der Waals surface area (Å²) in [5.41, 5.74) is 7.09. The van der Waals surface area contributed by atoms with Crippen molar-refractivity contribution in [3.63, 3.8) is 0 Å². The van der Waals surface area contributed by atoms with Crippen LogP contribution >= 0.6 is 0 Å². The van der Waals surface area contributed by atoms with Crippen molar-refractivity contribution in [2.75, 3.05) is 41.5 Å². The highest BCUT2D eigenvalue weighted by Gasteiger charge is 2.15. The molecule has 0 aromatic heterocycles. The van der Waals surface area contributed by atoms with Crippen molar-refractivity contribution < 1.29 is 34.0 Å². The second-order valence-electron chi connectivity index (χ2n) is 8.42. The van der Waals surface area contributed by atoms with Crippen LogP contribution in [0.3, 0.4) is 0 Å². The standard InChI is InChI=1S/C25H33NO3.C2H2O4/c1-18-8-6-10-21-14-19(15-22(18)21)9-7-12-26(2)13-11-20-16-23(27-3)25(29-5)24(17-20)28-4;3-1(4)2(5)6/h6,8,10,14,16-17H,7,9,11-13,15H2,1-5H3;(H,3,4)(H,5,6). The number of fused-ring (bicyclic) bond motifs is 1. The van der Waals surface area contributed by atoms with Gasteiger partial charge in [-0.1, -0.05) is 29.8 Å². The van der Waals surface area contributed by atoms with Gasteiger partial charge >= 0.3 is 11.9 Å². The third-order valence-corrected chi connectivity index (χ3v) is 5.94. The minimum atomic E-state index is -1.82. The van der Waals surface area contributed by atoms with E-state index in [9.17, 15) is 0 Å². The molecule has 190 valence electrons. The van der Waals surface area contributed by atoms with Crippen LogP contribution in [0.5, 0.6) is 17.2 Å². The number of benzene rings is 2. The summed E-state index contributed by atoms with van der Waals surface area (Å²) < 4.78 is 16.3. The summed E-state index contributed by atoms with van der Waals surface area (Å²) in [5, 5.41) is 14.8. The number of aliphatic carboxylic acids is 2. The number of ether oxygens (including phenoxy) is 3. The zero-order valence-corrected chi connectivity index (χ0v) is 21.1. The number of allylic oxidation sites excluding steroid dienone is 1. The van der Waals surface area contributed by atoms with Gasteiger partial charge in [-0.15, -0.1) is 0 Å². The average molecular weight is 486 g/mol. The highest BCUT2D eigenvalue weighted by Crippen LogP contribution is 2.38. The normalized spacial score (nSPS) is 11.8. The van der Waals surface area contributed by atoms with Crippen LogP contribution in [0.1, 0.15) is 35.1 Å². The van der Waals surface area contributed by atoms with Crippen molar-refractivity contribution in [1.29, 1.82) is 0 Å². The third kappa shape index (κ3) is 8.03. The van der Waals surface area contributed by atoms with Gasteiger partial charge in [0.15, 0.2) is 11.5 Å². The molecule has 8 nitrogen and oxygen atoms in total. The second kappa shape index (κ2) is 13.4. The van der Waals surface area contributed by atoms with E-state index < -0.39 is 11.9 Å². The van der Waals surface area contributed by atoms with Crippen LogP contribution in [-0.4, -0.2) is 68.5 Å². The van der Waals surface area contributed by atoms with E-state index in [4.69, 9.17) is 34.0 Å². The molecular weight excluding hydrogens is 450 g/mol. The fourth-order valence-electron chi connectivity index (χ4n) is 4.05. The predicted molar refractivity (Wildman–Crippen MR) is 135 cm³/mol. The van der Waals surface area contributed by atoms with Gasteiger partial charge in [-0.2, -0.15) is 0 Å². The van der Waals surface area contributed by atoms with E-state index in [1.807, 2.05) is 12.1 Å². The lowest BCUT2D eigenvalue weighted by Crippen LogP contribution is -2.22. The zero-order chi connectivity index (χ0) is 26.0. The second-order valence-corrected chi connectivity index (χ2v) is 8.42. The maximum atomic E-state index is 9.10. The van der Waals surface area contributed by atoms with Gasteiger partial charge in [0.25, 0.3) is 0 Å². The summed E-state index contributed by atoms with van der Waals surface area (Å²) in [6.07, 6.45) is 6.81. The Kier molecular flexibility index (Phi) is 10.6. The number of likely N-dealkylation sites (N-methyl/N-ethyl adjacent to an activating group) is 1. The van der Waals surface area contributed by atoms with Gasteiger partial charge < -0.3 is 29.3 Å². The first kappa shape index (κ1) is 27.7. The fraction of sp³-hybridized carbons (Fsp3) is 0.407. The Morgan fingerprint density at radius 3 is 2.09 bits per heavy atom. The van der Waals surface area contributed by atoms with Crippen molar-refractivity contribution >= 4 is 18.0 Å². The molecule has 0 heterocycles. The quantitative estimate of drug-likeness (QED) is 0.485. The summed E-state index contributed by atoms with van der Waals surface area (Å²) in [7, 11) is 7.14. The van der Waals surface area contributed by atoms with Crippen LogP contribution in [0.15, 0.2) is 35.9 Å².